The van der Waals surface area contributed by atoms with Gasteiger partial charge in [0.25, 0.3) is 5.91 Å². The number of hydrogen-bond donors (Lipinski definition) is 1. The summed E-state index contributed by atoms with van der Waals surface area (Å²) in [5.41, 5.74) is 2.45. The van der Waals surface area contributed by atoms with E-state index in [-0.39, 0.29) is 12.0 Å². The Morgan fingerprint density at radius 2 is 2.13 bits per heavy atom. The summed E-state index contributed by atoms with van der Waals surface area (Å²) in [7, 11) is 0. The molecule has 0 aliphatic carbocycles. The van der Waals surface area contributed by atoms with Gasteiger partial charge in [-0.3, -0.25) is 9.48 Å². The third-order valence-electron chi connectivity index (χ3n) is 3.31. The summed E-state index contributed by atoms with van der Waals surface area (Å²) in [4.78, 5) is 12.0. The second kappa shape index (κ2) is 7.92. The van der Waals surface area contributed by atoms with Crippen molar-refractivity contribution in [1.29, 1.82) is 0 Å². The van der Waals surface area contributed by atoms with Crippen LogP contribution >= 0.6 is 0 Å². The molecule has 0 saturated heterocycles. The first-order chi connectivity index (χ1) is 11.0. The lowest BCUT2D eigenvalue weighted by atomic mass is 10.4. The van der Waals surface area contributed by atoms with E-state index < -0.39 is 0 Å². The predicted molar refractivity (Wildman–Crippen MR) is 87.4 cm³/mol. The largest absolute Gasteiger partial charge is 0.379 e. The number of rotatable bonds is 8. The van der Waals surface area contributed by atoms with Crippen LogP contribution in [0.25, 0.3) is 0 Å². The number of aromatic nitrogens is 4. The normalized spacial score (nSPS) is 11.2. The van der Waals surface area contributed by atoms with E-state index in [0.717, 1.165) is 17.8 Å². The highest BCUT2D eigenvalue weighted by Gasteiger charge is 2.10. The van der Waals surface area contributed by atoms with E-state index in [2.05, 4.69) is 15.5 Å². The fourth-order valence-corrected chi connectivity index (χ4v) is 2.20. The maximum atomic E-state index is 12.0. The molecular formula is C16H25N5O2. The van der Waals surface area contributed by atoms with Gasteiger partial charge in [-0.05, 0) is 46.2 Å². The monoisotopic (exact) mass is 319 g/mol. The number of ether oxygens (including phenoxy) is 1. The molecule has 0 bridgehead atoms. The minimum atomic E-state index is -0.165. The van der Waals surface area contributed by atoms with Gasteiger partial charge in [0.1, 0.15) is 12.4 Å². The van der Waals surface area contributed by atoms with Crippen LogP contribution in [-0.2, 0) is 11.4 Å². The quantitative estimate of drug-likeness (QED) is 0.752. The van der Waals surface area contributed by atoms with E-state index >= 15 is 0 Å². The van der Waals surface area contributed by atoms with Gasteiger partial charge >= 0.3 is 0 Å². The van der Waals surface area contributed by atoms with E-state index in [1.807, 2.05) is 38.4 Å². The first-order valence-electron chi connectivity index (χ1n) is 7.90. The van der Waals surface area contributed by atoms with Gasteiger partial charge in [-0.2, -0.15) is 10.2 Å². The molecule has 0 fully saturated rings. The molecule has 7 heteroatoms. The third-order valence-corrected chi connectivity index (χ3v) is 3.31. The molecule has 0 unspecified atom stereocenters. The molecule has 2 aromatic rings. The molecule has 23 heavy (non-hydrogen) atoms. The topological polar surface area (TPSA) is 74.0 Å². The number of carbonyl (C=O) groups excluding carboxylic acids is 1. The SMILES string of the molecule is Cc1cc(C)n(Cn2ccc(C(=O)NCCCOC(C)C)n2)n1. The molecule has 0 aromatic carbocycles. The Bertz CT molecular complexity index is 645. The Morgan fingerprint density at radius 3 is 2.78 bits per heavy atom. The van der Waals surface area contributed by atoms with Crippen molar-refractivity contribution in [2.24, 2.45) is 0 Å². The second-order valence-corrected chi connectivity index (χ2v) is 5.84. The maximum absolute atomic E-state index is 12.0. The van der Waals surface area contributed by atoms with E-state index in [1.165, 1.54) is 0 Å². The summed E-state index contributed by atoms with van der Waals surface area (Å²) >= 11 is 0. The van der Waals surface area contributed by atoms with Crippen molar-refractivity contribution in [1.82, 2.24) is 24.9 Å². The van der Waals surface area contributed by atoms with E-state index in [9.17, 15) is 4.79 Å². The lowest BCUT2D eigenvalue weighted by Gasteiger charge is -2.07. The Morgan fingerprint density at radius 1 is 1.35 bits per heavy atom. The Hall–Kier alpha value is -2.15. The first-order valence-corrected chi connectivity index (χ1v) is 7.90. The molecule has 1 N–H and O–H groups in total. The molecular weight excluding hydrogens is 294 g/mol. The third kappa shape index (κ3) is 5.21. The number of hydrogen-bond acceptors (Lipinski definition) is 4. The van der Waals surface area contributed by atoms with Crippen molar-refractivity contribution >= 4 is 5.91 Å². The van der Waals surface area contributed by atoms with Crippen LogP contribution in [0.2, 0.25) is 0 Å². The zero-order valence-electron chi connectivity index (χ0n) is 14.2. The molecule has 0 atom stereocenters. The molecule has 0 saturated carbocycles. The molecule has 0 radical (unpaired) electrons. The minimum Gasteiger partial charge on any atom is -0.379 e. The van der Waals surface area contributed by atoms with Crippen LogP contribution in [0, 0.1) is 13.8 Å². The van der Waals surface area contributed by atoms with Crippen molar-refractivity contribution in [2.75, 3.05) is 13.2 Å². The average molecular weight is 319 g/mol. The molecule has 0 spiro atoms. The molecule has 126 valence electrons. The summed E-state index contributed by atoms with van der Waals surface area (Å²) in [6.45, 7) is 9.66. The fourth-order valence-electron chi connectivity index (χ4n) is 2.20. The second-order valence-electron chi connectivity index (χ2n) is 5.84. The van der Waals surface area contributed by atoms with Crippen molar-refractivity contribution < 1.29 is 9.53 Å². The van der Waals surface area contributed by atoms with Gasteiger partial charge in [-0.1, -0.05) is 0 Å². The maximum Gasteiger partial charge on any atom is 0.271 e. The number of aryl methyl sites for hydroxylation is 2. The van der Waals surface area contributed by atoms with Crippen LogP contribution in [0.4, 0.5) is 0 Å². The molecule has 7 nitrogen and oxygen atoms in total. The lowest BCUT2D eigenvalue weighted by Crippen LogP contribution is -2.26. The van der Waals surface area contributed by atoms with Crippen molar-refractivity contribution in [3.8, 4) is 0 Å². The number of nitrogens with zero attached hydrogens (tertiary/aromatic N) is 4. The van der Waals surface area contributed by atoms with Gasteiger partial charge in [0.05, 0.1) is 11.8 Å². The van der Waals surface area contributed by atoms with Crippen LogP contribution in [0.1, 0.15) is 42.1 Å². The zero-order valence-corrected chi connectivity index (χ0v) is 14.2. The van der Waals surface area contributed by atoms with Crippen molar-refractivity contribution in [3.05, 3.63) is 35.4 Å². The van der Waals surface area contributed by atoms with Crippen LogP contribution in [0.15, 0.2) is 18.3 Å². The van der Waals surface area contributed by atoms with Crippen LogP contribution in [-0.4, -0.2) is 44.7 Å². The van der Waals surface area contributed by atoms with Crippen LogP contribution in [0.3, 0.4) is 0 Å². The first kappa shape index (κ1) is 17.2. The van der Waals surface area contributed by atoms with Gasteiger partial charge in [-0.15, -0.1) is 0 Å². The summed E-state index contributed by atoms with van der Waals surface area (Å²) in [5.74, 6) is -0.165. The summed E-state index contributed by atoms with van der Waals surface area (Å²) in [6, 6.07) is 3.72. The minimum absolute atomic E-state index is 0.165. The van der Waals surface area contributed by atoms with Crippen LogP contribution < -0.4 is 5.32 Å². The smallest absolute Gasteiger partial charge is 0.271 e. The number of carbonyl (C=O) groups is 1. The predicted octanol–water partition coefficient (Wildman–Crippen LogP) is 1.75. The number of amides is 1. The Labute approximate surface area is 136 Å². The van der Waals surface area contributed by atoms with E-state index in [0.29, 0.717) is 25.5 Å². The van der Waals surface area contributed by atoms with Gasteiger partial charge in [0, 0.05) is 25.0 Å². The summed E-state index contributed by atoms with van der Waals surface area (Å²) < 4.78 is 8.99. The highest BCUT2D eigenvalue weighted by molar-refractivity contribution is 5.92. The molecule has 2 rings (SSSR count). The molecule has 0 aliphatic heterocycles. The van der Waals surface area contributed by atoms with Crippen LogP contribution in [0.5, 0.6) is 0 Å². The van der Waals surface area contributed by atoms with Gasteiger partial charge in [-0.25, -0.2) is 4.68 Å². The Balaban J connectivity index is 1.81. The zero-order chi connectivity index (χ0) is 16.8. The Kier molecular flexibility index (Phi) is 5.92. The van der Waals surface area contributed by atoms with Crippen molar-refractivity contribution in [2.45, 2.75) is 46.9 Å². The van der Waals surface area contributed by atoms with Gasteiger partial charge in [0.2, 0.25) is 0 Å². The highest BCUT2D eigenvalue weighted by atomic mass is 16.5. The molecule has 2 heterocycles. The van der Waals surface area contributed by atoms with Gasteiger partial charge in [0.15, 0.2) is 0 Å². The van der Waals surface area contributed by atoms with Crippen molar-refractivity contribution in [3.63, 3.8) is 0 Å². The molecule has 1 amide bonds. The molecule has 2 aromatic heterocycles. The van der Waals surface area contributed by atoms with Gasteiger partial charge < -0.3 is 10.1 Å². The summed E-state index contributed by atoms with van der Waals surface area (Å²) in [5, 5.41) is 11.5. The number of nitrogens with one attached hydrogen (secondary N) is 1. The fraction of sp³-hybridized carbons (Fsp3) is 0.562. The van der Waals surface area contributed by atoms with E-state index in [4.69, 9.17) is 4.74 Å². The highest BCUT2D eigenvalue weighted by Crippen LogP contribution is 2.03. The standard InChI is InChI=1S/C16H25N5O2/c1-12(2)23-9-5-7-17-16(22)15-6-8-20(19-15)11-21-14(4)10-13(3)18-21/h6,8,10,12H,5,7,9,11H2,1-4H3,(H,17,22). The van der Waals surface area contributed by atoms with E-state index in [1.54, 1.807) is 16.9 Å². The molecule has 0 aliphatic rings. The average Bonchev–Trinajstić information content (AvgIpc) is 3.05. The lowest BCUT2D eigenvalue weighted by molar-refractivity contribution is 0.0756. The summed E-state index contributed by atoms with van der Waals surface area (Å²) in [6.07, 6.45) is 2.79.